The molecule has 2 amide bonds. The number of fused-ring (bicyclic) bond motifs is 4. The summed E-state index contributed by atoms with van der Waals surface area (Å²) >= 11 is 1.38. The summed E-state index contributed by atoms with van der Waals surface area (Å²) in [7, 11) is 0. The molecule has 7 heteroatoms. The van der Waals surface area contributed by atoms with Crippen LogP contribution >= 0.6 is 11.8 Å². The molecule has 4 aromatic rings. The Bertz CT molecular complexity index is 1420. The highest BCUT2D eigenvalue weighted by Crippen LogP contribution is 2.57. The van der Waals surface area contributed by atoms with Gasteiger partial charge >= 0.3 is 0 Å². The van der Waals surface area contributed by atoms with Crippen LogP contribution in [0.25, 0.3) is 5.69 Å². The van der Waals surface area contributed by atoms with Crippen molar-refractivity contribution in [2.75, 3.05) is 16.0 Å². The van der Waals surface area contributed by atoms with E-state index in [0.717, 1.165) is 33.8 Å². The number of aromatic nitrogens is 2. The van der Waals surface area contributed by atoms with E-state index < -0.39 is 4.75 Å². The summed E-state index contributed by atoms with van der Waals surface area (Å²) in [6, 6.07) is 27.6. The van der Waals surface area contributed by atoms with Crippen molar-refractivity contribution in [3.63, 3.8) is 0 Å². The van der Waals surface area contributed by atoms with Crippen LogP contribution in [0.4, 0.5) is 11.5 Å². The van der Waals surface area contributed by atoms with Gasteiger partial charge in [-0.05, 0) is 30.7 Å². The maximum Gasteiger partial charge on any atom is 0.252 e. The number of nitrogens with zero attached hydrogens (tertiary/aromatic N) is 3. The second kappa shape index (κ2) is 7.88. The lowest BCUT2D eigenvalue weighted by Gasteiger charge is -2.27. The van der Waals surface area contributed by atoms with Crippen LogP contribution in [0.15, 0.2) is 84.9 Å². The molecule has 1 aromatic heterocycles. The lowest BCUT2D eigenvalue weighted by molar-refractivity contribution is -0.119. The third-order valence-electron chi connectivity index (χ3n) is 6.39. The van der Waals surface area contributed by atoms with Gasteiger partial charge in [-0.15, -0.1) is 11.8 Å². The lowest BCUT2D eigenvalue weighted by atomic mass is 9.91. The Kier molecular flexibility index (Phi) is 4.81. The van der Waals surface area contributed by atoms with Gasteiger partial charge in [0, 0.05) is 16.8 Å². The number of benzene rings is 3. The molecule has 0 saturated heterocycles. The van der Waals surface area contributed by atoms with E-state index in [1.54, 1.807) is 4.68 Å². The Labute approximate surface area is 201 Å². The Morgan fingerprint density at radius 3 is 2.38 bits per heavy atom. The zero-order valence-corrected chi connectivity index (χ0v) is 19.4. The molecule has 0 bridgehead atoms. The van der Waals surface area contributed by atoms with Crippen LogP contribution in [-0.2, 0) is 20.9 Å². The number of nitrogens with one attached hydrogen (secondary N) is 1. The molecule has 6 nitrogen and oxygen atoms in total. The maximum absolute atomic E-state index is 14.4. The zero-order chi connectivity index (χ0) is 23.3. The molecule has 1 spiro atoms. The average Bonchev–Trinajstić information content (AvgIpc) is 3.24. The molecule has 0 fully saturated rings. The highest BCUT2D eigenvalue weighted by atomic mass is 32.2. The number of amides is 2. The van der Waals surface area contributed by atoms with Crippen LogP contribution in [0.1, 0.15) is 22.4 Å². The molecule has 0 saturated carbocycles. The van der Waals surface area contributed by atoms with Gasteiger partial charge in [-0.3, -0.25) is 9.59 Å². The topological polar surface area (TPSA) is 67.2 Å². The van der Waals surface area contributed by atoms with Gasteiger partial charge in [0.25, 0.3) is 5.91 Å². The Morgan fingerprint density at radius 2 is 1.62 bits per heavy atom. The third-order valence-corrected chi connectivity index (χ3v) is 7.83. The number of carbonyl (C=O) groups excluding carboxylic acids is 2. The van der Waals surface area contributed by atoms with Crippen LogP contribution < -0.4 is 10.2 Å². The highest BCUT2D eigenvalue weighted by Gasteiger charge is 2.56. The summed E-state index contributed by atoms with van der Waals surface area (Å²) in [6.07, 6.45) is 0. The summed E-state index contributed by atoms with van der Waals surface area (Å²) < 4.78 is 0.683. The normalized spacial score (nSPS) is 19.0. The van der Waals surface area contributed by atoms with Crippen molar-refractivity contribution in [2.45, 2.75) is 18.2 Å². The maximum atomic E-state index is 14.4. The average molecular weight is 467 g/mol. The number of aryl methyl sites for hydroxylation is 1. The molecule has 1 atom stereocenters. The highest BCUT2D eigenvalue weighted by molar-refractivity contribution is 8.01. The fourth-order valence-electron chi connectivity index (χ4n) is 4.96. The molecule has 168 valence electrons. The molecule has 1 N–H and O–H groups in total. The van der Waals surface area contributed by atoms with E-state index in [0.29, 0.717) is 12.4 Å². The van der Waals surface area contributed by atoms with Crippen LogP contribution in [0.2, 0.25) is 0 Å². The summed E-state index contributed by atoms with van der Waals surface area (Å²) in [4.78, 5) is 29.1. The molecular formula is C27H22N4O2S. The van der Waals surface area contributed by atoms with Gasteiger partial charge in [0.1, 0.15) is 5.82 Å². The van der Waals surface area contributed by atoms with E-state index in [9.17, 15) is 9.59 Å². The van der Waals surface area contributed by atoms with Crippen molar-refractivity contribution >= 4 is 35.1 Å². The van der Waals surface area contributed by atoms with Crippen molar-refractivity contribution in [2.24, 2.45) is 0 Å². The number of anilines is 2. The summed E-state index contributed by atoms with van der Waals surface area (Å²) in [5.41, 5.74) is 5.12. The van der Waals surface area contributed by atoms with Crippen LogP contribution in [0.3, 0.4) is 0 Å². The first kappa shape index (κ1) is 20.7. The van der Waals surface area contributed by atoms with Crippen molar-refractivity contribution in [1.82, 2.24) is 9.78 Å². The standard InChI is InChI=1S/C27H22N4O2S/c1-18-24-25(31(29-18)20-12-6-3-7-13-20)28-23(32)17-34-27(24)21-14-8-9-15-22(21)30(26(27)33)16-19-10-4-2-5-11-19/h2-15H,16-17H2,1H3,(H,28,32). The Hall–Kier alpha value is -3.84. The molecule has 0 aliphatic carbocycles. The first-order valence-corrected chi connectivity index (χ1v) is 12.1. The predicted octanol–water partition coefficient (Wildman–Crippen LogP) is 4.66. The quantitative estimate of drug-likeness (QED) is 0.477. The SMILES string of the molecule is Cc1nn(-c2ccccc2)c2c1C1(SCC(=O)N2)C(=O)N(Cc2ccccc2)c2ccccc21. The minimum atomic E-state index is -1.06. The Morgan fingerprint density at radius 1 is 0.941 bits per heavy atom. The lowest BCUT2D eigenvalue weighted by Crippen LogP contribution is -2.39. The van der Waals surface area contributed by atoms with Gasteiger partial charge in [-0.2, -0.15) is 5.10 Å². The monoisotopic (exact) mass is 466 g/mol. The number of rotatable bonds is 3. The molecule has 3 heterocycles. The first-order valence-electron chi connectivity index (χ1n) is 11.1. The van der Waals surface area contributed by atoms with E-state index >= 15 is 0 Å². The van der Waals surface area contributed by atoms with Crippen molar-refractivity contribution in [3.05, 3.63) is 107 Å². The van der Waals surface area contributed by atoms with Gasteiger partial charge in [-0.1, -0.05) is 66.7 Å². The minimum absolute atomic E-state index is 0.0454. The van der Waals surface area contributed by atoms with E-state index in [2.05, 4.69) is 5.32 Å². The smallest absolute Gasteiger partial charge is 0.252 e. The van der Waals surface area contributed by atoms with Gasteiger partial charge < -0.3 is 10.2 Å². The molecule has 0 radical (unpaired) electrons. The van der Waals surface area contributed by atoms with Gasteiger partial charge in [0.15, 0.2) is 4.75 Å². The van der Waals surface area contributed by atoms with E-state index in [-0.39, 0.29) is 17.6 Å². The van der Waals surface area contributed by atoms with Crippen LogP contribution in [0, 0.1) is 6.92 Å². The van der Waals surface area contributed by atoms with Crippen LogP contribution in [-0.4, -0.2) is 27.3 Å². The van der Waals surface area contributed by atoms with Crippen molar-refractivity contribution in [1.29, 1.82) is 0 Å². The molecule has 2 aliphatic rings. The molecule has 6 rings (SSSR count). The predicted molar refractivity (Wildman–Crippen MR) is 134 cm³/mol. The second-order valence-electron chi connectivity index (χ2n) is 8.47. The van der Waals surface area contributed by atoms with Gasteiger partial charge in [0.2, 0.25) is 5.91 Å². The summed E-state index contributed by atoms with van der Waals surface area (Å²) in [6.45, 7) is 2.37. The van der Waals surface area contributed by atoms with E-state index in [1.165, 1.54) is 11.8 Å². The molecular weight excluding hydrogens is 444 g/mol. The molecule has 34 heavy (non-hydrogen) atoms. The second-order valence-corrected chi connectivity index (χ2v) is 9.66. The van der Waals surface area contributed by atoms with Gasteiger partial charge in [0.05, 0.1) is 23.7 Å². The number of thioether (sulfide) groups is 1. The zero-order valence-electron chi connectivity index (χ0n) is 18.6. The minimum Gasteiger partial charge on any atom is -0.310 e. The van der Waals surface area contributed by atoms with Crippen molar-refractivity contribution in [3.8, 4) is 5.69 Å². The fraction of sp³-hybridized carbons (Fsp3) is 0.148. The van der Waals surface area contributed by atoms with Crippen molar-refractivity contribution < 1.29 is 9.59 Å². The van der Waals surface area contributed by atoms with E-state index in [4.69, 9.17) is 5.10 Å². The fourth-order valence-corrected chi connectivity index (χ4v) is 6.33. The number of carbonyl (C=O) groups is 2. The largest absolute Gasteiger partial charge is 0.310 e. The van der Waals surface area contributed by atoms with Gasteiger partial charge in [-0.25, -0.2) is 4.68 Å². The summed E-state index contributed by atoms with van der Waals surface area (Å²) in [5, 5.41) is 7.84. The number of hydrogen-bond acceptors (Lipinski definition) is 4. The molecule has 1 unspecified atom stereocenters. The molecule has 3 aromatic carbocycles. The first-order chi connectivity index (χ1) is 16.6. The summed E-state index contributed by atoms with van der Waals surface area (Å²) in [5.74, 6) is 0.536. The third kappa shape index (κ3) is 3.00. The van der Waals surface area contributed by atoms with E-state index in [1.807, 2.05) is 96.8 Å². The molecule has 2 aliphatic heterocycles. The number of para-hydroxylation sites is 2. The van der Waals surface area contributed by atoms with Crippen LogP contribution in [0.5, 0.6) is 0 Å². The Balaban J connectivity index is 1.58. The number of hydrogen-bond donors (Lipinski definition) is 1.